The topological polar surface area (TPSA) is 102 Å². The molecule has 8 nitrogen and oxygen atoms in total. The molecule has 0 unspecified atom stereocenters. The second kappa shape index (κ2) is 10.8. The van der Waals surface area contributed by atoms with E-state index in [1.165, 1.54) is 22.5 Å². The van der Waals surface area contributed by atoms with Gasteiger partial charge < -0.3 is 9.47 Å². The molecule has 1 aromatic heterocycles. The molecule has 1 heterocycles. The fourth-order valence-corrected chi connectivity index (χ4v) is 4.88. The molecular weight excluding hydrogens is 462 g/mol. The van der Waals surface area contributed by atoms with Crippen LogP contribution >= 0.6 is 32.9 Å². The second-order valence-electron chi connectivity index (χ2n) is 6.05. The van der Waals surface area contributed by atoms with Crippen LogP contribution in [0.3, 0.4) is 0 Å². The lowest BCUT2D eigenvalue weighted by Gasteiger charge is -2.10. The molecule has 0 atom stereocenters. The SMILES string of the molecule is O=C(CCCO[N+](=O)O)Oc1ccccc1C(=O)Oc1ccc(-c2cc(=S)ss2)cc1. The van der Waals surface area contributed by atoms with Crippen LogP contribution in [0.4, 0.5) is 0 Å². The summed E-state index contributed by atoms with van der Waals surface area (Å²) in [4.78, 5) is 40.1. The summed E-state index contributed by atoms with van der Waals surface area (Å²) >= 11 is 5.14. The number of benzene rings is 2. The zero-order chi connectivity index (χ0) is 22.2. The van der Waals surface area contributed by atoms with Crippen LogP contribution in [0.15, 0.2) is 54.6 Å². The number of para-hydroxylation sites is 1. The van der Waals surface area contributed by atoms with Crippen molar-refractivity contribution in [3.05, 3.63) is 68.9 Å². The second-order valence-corrected chi connectivity index (χ2v) is 8.96. The van der Waals surface area contributed by atoms with Crippen LogP contribution in [0.2, 0.25) is 0 Å². The van der Waals surface area contributed by atoms with E-state index in [2.05, 4.69) is 4.84 Å². The predicted molar refractivity (Wildman–Crippen MR) is 116 cm³/mol. The minimum Gasteiger partial charge on any atom is -0.426 e. The Kier molecular flexibility index (Phi) is 7.82. The molecule has 1 N–H and O–H groups in total. The van der Waals surface area contributed by atoms with Gasteiger partial charge in [-0.25, -0.2) is 10.0 Å². The first-order chi connectivity index (χ1) is 14.9. The first-order valence-corrected chi connectivity index (χ1v) is 11.5. The molecule has 11 heteroatoms. The number of ether oxygens (including phenoxy) is 2. The normalized spacial score (nSPS) is 10.3. The van der Waals surface area contributed by atoms with Crippen LogP contribution in [0, 0.1) is 8.73 Å². The van der Waals surface area contributed by atoms with Crippen molar-refractivity contribution in [1.82, 2.24) is 0 Å². The van der Waals surface area contributed by atoms with Crippen molar-refractivity contribution in [2.45, 2.75) is 12.8 Å². The van der Waals surface area contributed by atoms with Gasteiger partial charge in [-0.2, -0.15) is 4.84 Å². The molecular formula is C20H16NO7S3+. The van der Waals surface area contributed by atoms with E-state index in [-0.39, 0.29) is 30.8 Å². The Hall–Kier alpha value is -3.15. The quantitative estimate of drug-likeness (QED) is 0.112. The van der Waals surface area contributed by atoms with Crippen molar-refractivity contribution in [3.63, 3.8) is 0 Å². The minimum atomic E-state index is -0.680. The first kappa shape index (κ1) is 22.5. The van der Waals surface area contributed by atoms with E-state index >= 15 is 0 Å². The van der Waals surface area contributed by atoms with Gasteiger partial charge in [-0.05, 0) is 54.4 Å². The lowest BCUT2D eigenvalue weighted by atomic mass is 10.2. The molecule has 0 bridgehead atoms. The largest absolute Gasteiger partial charge is 0.475 e. The smallest absolute Gasteiger partial charge is 0.426 e. The van der Waals surface area contributed by atoms with Gasteiger partial charge in [0.1, 0.15) is 25.8 Å². The highest BCUT2D eigenvalue weighted by atomic mass is 32.9. The average Bonchev–Trinajstić information content (AvgIpc) is 3.18. The number of hydrogen-bond donors (Lipinski definition) is 1. The Balaban J connectivity index is 1.62. The van der Waals surface area contributed by atoms with E-state index in [4.69, 9.17) is 26.9 Å². The summed E-state index contributed by atoms with van der Waals surface area (Å²) in [5.74, 6) is -0.896. The number of carbonyl (C=O) groups excluding carboxylic acids is 2. The van der Waals surface area contributed by atoms with E-state index in [0.29, 0.717) is 5.75 Å². The summed E-state index contributed by atoms with van der Waals surface area (Å²) in [5.41, 5.74) is 1.06. The summed E-state index contributed by atoms with van der Waals surface area (Å²) in [6.45, 7) is -0.158. The lowest BCUT2D eigenvalue weighted by Crippen LogP contribution is -2.15. The number of esters is 2. The number of carbonyl (C=O) groups is 2. The van der Waals surface area contributed by atoms with E-state index in [0.717, 1.165) is 14.3 Å². The highest BCUT2D eigenvalue weighted by Gasteiger charge is 2.17. The van der Waals surface area contributed by atoms with Crippen molar-refractivity contribution < 1.29 is 34.2 Å². The van der Waals surface area contributed by atoms with Gasteiger partial charge in [0.05, 0.1) is 0 Å². The molecule has 0 aliphatic heterocycles. The van der Waals surface area contributed by atoms with Gasteiger partial charge in [-0.1, -0.05) is 45.0 Å². The molecule has 0 radical (unpaired) electrons. The van der Waals surface area contributed by atoms with Gasteiger partial charge in [0.15, 0.2) is 6.61 Å². The molecule has 3 aromatic rings. The highest BCUT2D eigenvalue weighted by molar-refractivity contribution is 7.80. The van der Waals surface area contributed by atoms with Gasteiger partial charge in [0.25, 0.3) is 0 Å². The maximum atomic E-state index is 12.6. The zero-order valence-electron chi connectivity index (χ0n) is 15.9. The van der Waals surface area contributed by atoms with Crippen LogP contribution in [-0.4, -0.2) is 28.8 Å². The van der Waals surface area contributed by atoms with Crippen LogP contribution < -0.4 is 9.47 Å². The average molecular weight is 479 g/mol. The fraction of sp³-hybridized carbons (Fsp3) is 0.150. The molecule has 0 saturated heterocycles. The molecule has 3 rings (SSSR count). The maximum Gasteiger partial charge on any atom is 0.475 e. The fourth-order valence-electron chi connectivity index (χ4n) is 2.48. The van der Waals surface area contributed by atoms with Gasteiger partial charge in [-0.3, -0.25) is 4.79 Å². The van der Waals surface area contributed by atoms with Crippen molar-refractivity contribution in [2.75, 3.05) is 6.61 Å². The minimum absolute atomic E-state index is 0.0562. The summed E-state index contributed by atoms with van der Waals surface area (Å²) in [5, 5.41) is 7.65. The molecule has 0 spiro atoms. The van der Waals surface area contributed by atoms with Crippen LogP contribution in [0.5, 0.6) is 11.5 Å². The third kappa shape index (κ3) is 6.67. The van der Waals surface area contributed by atoms with Crippen LogP contribution in [-0.2, 0) is 9.63 Å². The van der Waals surface area contributed by atoms with E-state index in [9.17, 15) is 14.5 Å². The third-order valence-corrected chi connectivity index (χ3v) is 6.78. The molecule has 0 saturated carbocycles. The van der Waals surface area contributed by atoms with E-state index in [1.807, 2.05) is 18.2 Å². The van der Waals surface area contributed by atoms with E-state index < -0.39 is 17.0 Å². The predicted octanol–water partition coefficient (Wildman–Crippen LogP) is 5.21. The van der Waals surface area contributed by atoms with Crippen molar-refractivity contribution in [3.8, 4) is 21.9 Å². The van der Waals surface area contributed by atoms with Crippen molar-refractivity contribution >= 4 is 44.8 Å². The van der Waals surface area contributed by atoms with Gasteiger partial charge in [0, 0.05) is 11.3 Å². The summed E-state index contributed by atoms with van der Waals surface area (Å²) in [6.07, 6.45) is 0.0727. The summed E-state index contributed by atoms with van der Waals surface area (Å²) in [7, 11) is 3.10. The molecule has 0 aliphatic rings. The third-order valence-electron chi connectivity index (χ3n) is 3.87. The first-order valence-electron chi connectivity index (χ1n) is 8.94. The Morgan fingerprint density at radius 3 is 2.45 bits per heavy atom. The Morgan fingerprint density at radius 2 is 1.77 bits per heavy atom. The highest BCUT2D eigenvalue weighted by Crippen LogP contribution is 2.31. The van der Waals surface area contributed by atoms with Crippen molar-refractivity contribution in [2.24, 2.45) is 0 Å². The molecule has 0 amide bonds. The maximum absolute atomic E-state index is 12.6. The van der Waals surface area contributed by atoms with E-state index in [1.54, 1.807) is 34.6 Å². The Morgan fingerprint density at radius 1 is 1.03 bits per heavy atom. The molecule has 160 valence electrons. The molecule has 31 heavy (non-hydrogen) atoms. The monoisotopic (exact) mass is 478 g/mol. The molecule has 0 aliphatic carbocycles. The zero-order valence-corrected chi connectivity index (χ0v) is 18.3. The number of nitrogens with zero attached hydrogens (tertiary/aromatic N) is 1. The standard InChI is InChI=1S/C20H16NO7S3/c22-18(6-3-11-26-21(24)25)28-16-5-2-1-4-15(16)20(23)27-14-9-7-13(8-10-14)17-12-19(29)31-30-17/h1-2,4-5,7-10,12H,3,6,11H2,(H,24,25)/q+1. The summed E-state index contributed by atoms with van der Waals surface area (Å²) in [6, 6.07) is 15.1. The summed E-state index contributed by atoms with van der Waals surface area (Å²) < 4.78 is 11.5. The lowest BCUT2D eigenvalue weighted by molar-refractivity contribution is -0.975. The number of rotatable bonds is 9. The molecule has 0 fully saturated rings. The Labute approximate surface area is 189 Å². The van der Waals surface area contributed by atoms with Crippen LogP contribution in [0.1, 0.15) is 23.2 Å². The van der Waals surface area contributed by atoms with Crippen molar-refractivity contribution in [1.29, 1.82) is 0 Å². The van der Waals surface area contributed by atoms with Crippen LogP contribution in [0.25, 0.3) is 10.4 Å². The van der Waals surface area contributed by atoms with Gasteiger partial charge in [-0.15, -0.1) is 0 Å². The van der Waals surface area contributed by atoms with Gasteiger partial charge >= 0.3 is 17.0 Å². The molecule has 2 aromatic carbocycles. The Bertz CT molecular complexity index is 1140. The number of hydrogen-bond acceptors (Lipinski definition) is 9. The van der Waals surface area contributed by atoms with Gasteiger partial charge in [0.2, 0.25) is 0 Å².